The summed E-state index contributed by atoms with van der Waals surface area (Å²) in [6, 6.07) is 5.71. The first kappa shape index (κ1) is 13.3. The number of amides is 1. The molecule has 16 heavy (non-hydrogen) atoms. The van der Waals surface area contributed by atoms with Crippen molar-refractivity contribution in [3.63, 3.8) is 0 Å². The number of hydrogen-bond donors (Lipinski definition) is 1. The first-order valence-corrected chi connectivity index (χ1v) is 9.33. The summed E-state index contributed by atoms with van der Waals surface area (Å²) in [5.74, 6) is -0.0902. The summed E-state index contributed by atoms with van der Waals surface area (Å²) in [4.78, 5) is 11.8. The molecule has 1 aromatic carbocycles. The van der Waals surface area contributed by atoms with Crippen molar-refractivity contribution in [1.82, 2.24) is 5.32 Å². The van der Waals surface area contributed by atoms with Crippen LogP contribution in [-0.4, -0.2) is 20.5 Å². The average Bonchev–Trinajstić information content (AvgIpc) is 2.16. The van der Waals surface area contributed by atoms with E-state index in [9.17, 15) is 4.79 Å². The van der Waals surface area contributed by atoms with E-state index < -0.39 is 8.07 Å². The molecule has 2 nitrogen and oxygen atoms in total. The van der Waals surface area contributed by atoms with Crippen LogP contribution in [0.2, 0.25) is 24.7 Å². The van der Waals surface area contributed by atoms with Crippen molar-refractivity contribution in [2.75, 3.05) is 6.54 Å². The predicted octanol–water partition coefficient (Wildman–Crippen LogP) is 2.63. The van der Waals surface area contributed by atoms with Crippen LogP contribution in [0.5, 0.6) is 0 Å². The van der Waals surface area contributed by atoms with Gasteiger partial charge < -0.3 is 5.32 Å². The summed E-state index contributed by atoms with van der Waals surface area (Å²) in [6.45, 7) is 9.17. The van der Waals surface area contributed by atoms with Gasteiger partial charge in [-0.1, -0.05) is 43.4 Å². The van der Waals surface area contributed by atoms with Crippen molar-refractivity contribution in [1.29, 1.82) is 0 Å². The fraction of sp³-hybridized carbons (Fsp3) is 0.417. The van der Waals surface area contributed by atoms with Gasteiger partial charge in [0.15, 0.2) is 0 Å². The molecular formula is C12H18ClNOSi. The molecule has 0 bridgehead atoms. The summed E-state index contributed by atoms with van der Waals surface area (Å²) in [5, 5.41) is 4.53. The molecular weight excluding hydrogens is 238 g/mol. The maximum absolute atomic E-state index is 11.8. The lowest BCUT2D eigenvalue weighted by atomic mass is 10.2. The Hall–Kier alpha value is -0.803. The van der Waals surface area contributed by atoms with E-state index in [4.69, 9.17) is 11.6 Å². The Morgan fingerprint density at radius 2 is 2.00 bits per heavy atom. The Kier molecular flexibility index (Phi) is 4.16. The lowest BCUT2D eigenvalue weighted by molar-refractivity contribution is 0.0956. The number of nitrogens with one attached hydrogen (secondary N) is 1. The predicted molar refractivity (Wildman–Crippen MR) is 72.4 cm³/mol. The van der Waals surface area contributed by atoms with Gasteiger partial charge in [0.2, 0.25) is 0 Å². The van der Waals surface area contributed by atoms with E-state index in [0.29, 0.717) is 17.1 Å². The van der Waals surface area contributed by atoms with Crippen LogP contribution < -0.4 is 10.5 Å². The Balaban J connectivity index is 3.19. The third kappa shape index (κ3) is 2.86. The third-order valence-electron chi connectivity index (χ3n) is 2.39. The fourth-order valence-electron chi connectivity index (χ4n) is 1.54. The van der Waals surface area contributed by atoms with E-state index in [0.717, 1.165) is 5.19 Å². The molecule has 88 valence electrons. The average molecular weight is 256 g/mol. The fourth-order valence-corrected chi connectivity index (χ4v) is 3.99. The molecule has 1 aromatic rings. The van der Waals surface area contributed by atoms with Gasteiger partial charge in [0.25, 0.3) is 5.91 Å². The third-order valence-corrected chi connectivity index (χ3v) is 4.99. The number of carbonyl (C=O) groups is 1. The molecule has 1 rings (SSSR count). The minimum absolute atomic E-state index is 0.0902. The normalized spacial score (nSPS) is 11.3. The summed E-state index contributed by atoms with van der Waals surface area (Å²) in [7, 11) is -1.49. The van der Waals surface area contributed by atoms with Gasteiger partial charge in [-0.2, -0.15) is 0 Å². The van der Waals surface area contributed by atoms with E-state index in [1.807, 2.05) is 19.1 Å². The number of benzene rings is 1. The highest BCUT2D eigenvalue weighted by Crippen LogP contribution is 2.17. The molecule has 0 unspecified atom stereocenters. The second-order valence-electron chi connectivity index (χ2n) is 4.78. The molecule has 0 radical (unpaired) electrons. The van der Waals surface area contributed by atoms with Gasteiger partial charge in [-0.15, -0.1) is 0 Å². The summed E-state index contributed by atoms with van der Waals surface area (Å²) < 4.78 is 0. The van der Waals surface area contributed by atoms with Crippen LogP contribution in [0, 0.1) is 0 Å². The van der Waals surface area contributed by atoms with Crippen molar-refractivity contribution in [2.24, 2.45) is 0 Å². The second-order valence-corrected chi connectivity index (χ2v) is 10.2. The molecule has 0 saturated heterocycles. The van der Waals surface area contributed by atoms with Gasteiger partial charge in [-0.05, 0) is 18.2 Å². The highest BCUT2D eigenvalue weighted by molar-refractivity contribution is 6.90. The quantitative estimate of drug-likeness (QED) is 0.827. The van der Waals surface area contributed by atoms with E-state index in [2.05, 4.69) is 25.0 Å². The Labute approximate surface area is 103 Å². The first-order chi connectivity index (χ1) is 7.38. The summed E-state index contributed by atoms with van der Waals surface area (Å²) in [5.41, 5.74) is 0.587. The smallest absolute Gasteiger partial charge is 0.252 e. The lowest BCUT2D eigenvalue weighted by Crippen LogP contribution is -2.39. The van der Waals surface area contributed by atoms with E-state index in [-0.39, 0.29) is 5.91 Å². The minimum atomic E-state index is -1.49. The van der Waals surface area contributed by atoms with Gasteiger partial charge in [-0.3, -0.25) is 4.79 Å². The molecule has 0 aliphatic rings. The highest BCUT2D eigenvalue weighted by Gasteiger charge is 2.22. The molecule has 0 aliphatic heterocycles. The van der Waals surface area contributed by atoms with Gasteiger partial charge in [-0.25, -0.2) is 0 Å². The molecule has 0 aliphatic carbocycles. The number of hydrogen-bond acceptors (Lipinski definition) is 1. The highest BCUT2D eigenvalue weighted by atomic mass is 35.5. The zero-order valence-electron chi connectivity index (χ0n) is 10.2. The largest absolute Gasteiger partial charge is 0.352 e. The van der Waals surface area contributed by atoms with E-state index >= 15 is 0 Å². The standard InChI is InChI=1S/C12H18ClNOSi/c1-5-14-12(15)9-7-6-8-10(11(9)13)16(2,3)4/h6-8H,5H2,1-4H3,(H,14,15). The molecule has 0 atom stereocenters. The number of halogens is 1. The SMILES string of the molecule is CCNC(=O)c1cccc([Si](C)(C)C)c1Cl. The van der Waals surface area contributed by atoms with E-state index in [1.165, 1.54) is 0 Å². The molecule has 0 fully saturated rings. The second kappa shape index (κ2) is 5.02. The Bertz CT molecular complexity index is 398. The monoisotopic (exact) mass is 255 g/mol. The van der Waals surface area contributed by atoms with Crippen molar-refractivity contribution in [3.8, 4) is 0 Å². The van der Waals surface area contributed by atoms with E-state index in [1.54, 1.807) is 6.07 Å². The molecule has 0 aromatic heterocycles. The van der Waals surface area contributed by atoms with Crippen LogP contribution in [0.25, 0.3) is 0 Å². The molecule has 0 saturated carbocycles. The molecule has 1 N–H and O–H groups in total. The Morgan fingerprint density at radius 3 is 2.50 bits per heavy atom. The molecule has 1 amide bonds. The lowest BCUT2D eigenvalue weighted by Gasteiger charge is -2.19. The number of carbonyl (C=O) groups excluding carboxylic acids is 1. The van der Waals surface area contributed by atoms with Crippen LogP contribution in [0.4, 0.5) is 0 Å². The molecule has 0 spiro atoms. The van der Waals surface area contributed by atoms with Crippen LogP contribution in [0.3, 0.4) is 0 Å². The van der Waals surface area contributed by atoms with Gasteiger partial charge in [0.05, 0.1) is 18.7 Å². The van der Waals surface area contributed by atoms with Crippen molar-refractivity contribution < 1.29 is 4.79 Å². The van der Waals surface area contributed by atoms with Crippen LogP contribution in [-0.2, 0) is 0 Å². The van der Waals surface area contributed by atoms with Crippen LogP contribution >= 0.6 is 11.6 Å². The molecule has 4 heteroatoms. The first-order valence-electron chi connectivity index (χ1n) is 5.45. The molecule has 0 heterocycles. The maximum Gasteiger partial charge on any atom is 0.252 e. The van der Waals surface area contributed by atoms with Gasteiger partial charge in [0.1, 0.15) is 0 Å². The zero-order valence-corrected chi connectivity index (χ0v) is 12.0. The van der Waals surface area contributed by atoms with Gasteiger partial charge in [0, 0.05) is 6.54 Å². The Morgan fingerprint density at radius 1 is 1.38 bits per heavy atom. The number of rotatable bonds is 3. The van der Waals surface area contributed by atoms with Crippen LogP contribution in [0.15, 0.2) is 18.2 Å². The topological polar surface area (TPSA) is 29.1 Å². The van der Waals surface area contributed by atoms with Gasteiger partial charge >= 0.3 is 0 Å². The minimum Gasteiger partial charge on any atom is -0.352 e. The summed E-state index contributed by atoms with van der Waals surface area (Å²) in [6.07, 6.45) is 0. The van der Waals surface area contributed by atoms with Crippen molar-refractivity contribution in [2.45, 2.75) is 26.6 Å². The zero-order chi connectivity index (χ0) is 12.3. The summed E-state index contributed by atoms with van der Waals surface area (Å²) >= 11 is 6.30. The van der Waals surface area contributed by atoms with Crippen LogP contribution in [0.1, 0.15) is 17.3 Å². The van der Waals surface area contributed by atoms with Crippen molar-refractivity contribution in [3.05, 3.63) is 28.8 Å². The maximum atomic E-state index is 11.8. The van der Waals surface area contributed by atoms with Crippen molar-refractivity contribution >= 4 is 30.8 Å².